The summed E-state index contributed by atoms with van der Waals surface area (Å²) in [5.74, 6) is -0.249. The molecule has 0 atom stereocenters. The molecule has 0 bridgehead atoms. The summed E-state index contributed by atoms with van der Waals surface area (Å²) in [5.41, 5.74) is 1.39. The lowest BCUT2D eigenvalue weighted by molar-refractivity contribution is -0.134. The minimum Gasteiger partial charge on any atom is -0.378 e. The predicted octanol–water partition coefficient (Wildman–Crippen LogP) is 1.45. The molecule has 120 valence electrons. The van der Waals surface area contributed by atoms with Gasteiger partial charge in [-0.15, -0.1) is 0 Å². The summed E-state index contributed by atoms with van der Waals surface area (Å²) in [6, 6.07) is 9.42. The van der Waals surface area contributed by atoms with Crippen molar-refractivity contribution in [2.24, 2.45) is 0 Å². The van der Waals surface area contributed by atoms with Crippen LogP contribution in [0.2, 0.25) is 0 Å². The van der Waals surface area contributed by atoms with Crippen LogP contribution in [0.4, 0.5) is 5.69 Å². The lowest BCUT2D eigenvalue weighted by Crippen LogP contribution is -2.47. The van der Waals surface area contributed by atoms with E-state index in [-0.39, 0.29) is 18.4 Å². The molecule has 1 aliphatic heterocycles. The second kappa shape index (κ2) is 6.75. The zero-order chi connectivity index (χ0) is 16.2. The van der Waals surface area contributed by atoms with Crippen LogP contribution in [0.3, 0.4) is 0 Å². The number of morpholine rings is 1. The van der Waals surface area contributed by atoms with Crippen molar-refractivity contribution in [1.29, 1.82) is 0 Å². The number of benzene rings is 1. The number of rotatable bonds is 3. The van der Waals surface area contributed by atoms with Crippen LogP contribution < -0.4 is 4.90 Å². The van der Waals surface area contributed by atoms with Crippen molar-refractivity contribution in [2.75, 3.05) is 37.7 Å². The molecule has 3 rings (SSSR count). The third-order valence-electron chi connectivity index (χ3n) is 3.94. The Morgan fingerprint density at radius 2 is 1.96 bits per heavy atom. The minimum absolute atomic E-state index is 0.0189. The van der Waals surface area contributed by atoms with Crippen LogP contribution in [0.1, 0.15) is 6.92 Å². The molecule has 1 saturated heterocycles. The molecule has 1 aromatic heterocycles. The first-order chi connectivity index (χ1) is 11.2. The second-order valence-corrected chi connectivity index (χ2v) is 5.45. The van der Waals surface area contributed by atoms with E-state index in [2.05, 4.69) is 4.98 Å². The van der Waals surface area contributed by atoms with Crippen molar-refractivity contribution >= 4 is 28.4 Å². The van der Waals surface area contributed by atoms with Gasteiger partial charge in [-0.3, -0.25) is 14.6 Å². The summed E-state index contributed by atoms with van der Waals surface area (Å²) in [5, 5.41) is 0.940. The summed E-state index contributed by atoms with van der Waals surface area (Å²) in [6.07, 6.45) is 1.69. The highest BCUT2D eigenvalue weighted by Crippen LogP contribution is 2.25. The maximum Gasteiger partial charge on any atom is 0.242 e. The molecule has 2 aromatic rings. The molecule has 1 aromatic carbocycles. The Labute approximate surface area is 134 Å². The number of amides is 2. The highest BCUT2D eigenvalue weighted by atomic mass is 16.5. The molecule has 1 aliphatic rings. The van der Waals surface area contributed by atoms with Gasteiger partial charge < -0.3 is 14.5 Å². The summed E-state index contributed by atoms with van der Waals surface area (Å²) >= 11 is 0. The van der Waals surface area contributed by atoms with Crippen molar-refractivity contribution in [3.8, 4) is 0 Å². The average Bonchev–Trinajstić information content (AvgIpc) is 2.59. The van der Waals surface area contributed by atoms with Crippen LogP contribution in [0, 0.1) is 0 Å². The Hall–Kier alpha value is -2.47. The largest absolute Gasteiger partial charge is 0.378 e. The number of hydrogen-bond donors (Lipinski definition) is 0. The molecule has 2 amide bonds. The molecule has 0 unspecified atom stereocenters. The molecule has 6 heteroatoms. The molecule has 0 radical (unpaired) electrons. The summed E-state index contributed by atoms with van der Waals surface area (Å²) in [6.45, 7) is 3.71. The molecule has 0 N–H and O–H groups in total. The lowest BCUT2D eigenvalue weighted by Gasteiger charge is -2.30. The monoisotopic (exact) mass is 313 g/mol. The van der Waals surface area contributed by atoms with Crippen molar-refractivity contribution < 1.29 is 14.3 Å². The molecular weight excluding hydrogens is 294 g/mol. The first-order valence-electron chi connectivity index (χ1n) is 7.64. The Kier molecular flexibility index (Phi) is 4.52. The fourth-order valence-corrected chi connectivity index (χ4v) is 2.72. The van der Waals surface area contributed by atoms with E-state index in [0.29, 0.717) is 32.0 Å². The Bertz CT molecular complexity index is 721. The quantitative estimate of drug-likeness (QED) is 0.860. The van der Waals surface area contributed by atoms with Gasteiger partial charge in [-0.05, 0) is 12.1 Å². The second-order valence-electron chi connectivity index (χ2n) is 5.45. The average molecular weight is 313 g/mol. The van der Waals surface area contributed by atoms with Gasteiger partial charge in [0.2, 0.25) is 11.8 Å². The number of carbonyl (C=O) groups is 2. The molecule has 0 aliphatic carbocycles. The Morgan fingerprint density at radius 3 is 2.70 bits per heavy atom. The molecule has 0 saturated carbocycles. The number of carbonyl (C=O) groups excluding carboxylic acids is 2. The normalized spacial score (nSPS) is 14.7. The number of nitrogens with zero attached hydrogens (tertiary/aromatic N) is 3. The van der Waals surface area contributed by atoms with Gasteiger partial charge in [-0.2, -0.15) is 0 Å². The van der Waals surface area contributed by atoms with Gasteiger partial charge in [0.05, 0.1) is 24.4 Å². The van der Waals surface area contributed by atoms with Crippen molar-refractivity contribution in [2.45, 2.75) is 6.92 Å². The number of para-hydroxylation sites is 1. The predicted molar refractivity (Wildman–Crippen MR) is 87.2 cm³/mol. The maximum absolute atomic E-state index is 12.5. The van der Waals surface area contributed by atoms with Gasteiger partial charge in [0.25, 0.3) is 0 Å². The van der Waals surface area contributed by atoms with Gasteiger partial charge in [-0.25, -0.2) is 0 Å². The van der Waals surface area contributed by atoms with Gasteiger partial charge in [0, 0.05) is 31.6 Å². The van der Waals surface area contributed by atoms with Crippen LogP contribution in [0.25, 0.3) is 10.9 Å². The SMILES string of the molecule is CC(=O)N(CC(=O)N1CCOCC1)c1cccc2cccnc12. The smallest absolute Gasteiger partial charge is 0.242 e. The molecule has 0 spiro atoms. The lowest BCUT2D eigenvalue weighted by atomic mass is 10.1. The molecule has 1 fully saturated rings. The van der Waals surface area contributed by atoms with Gasteiger partial charge >= 0.3 is 0 Å². The van der Waals surface area contributed by atoms with Crippen molar-refractivity contribution in [3.05, 3.63) is 36.5 Å². The van der Waals surface area contributed by atoms with E-state index in [0.717, 1.165) is 10.9 Å². The van der Waals surface area contributed by atoms with Crippen LogP contribution in [0.5, 0.6) is 0 Å². The van der Waals surface area contributed by atoms with Gasteiger partial charge in [0.15, 0.2) is 0 Å². The van der Waals surface area contributed by atoms with E-state index in [1.54, 1.807) is 11.1 Å². The molecular formula is C17H19N3O3. The fourth-order valence-electron chi connectivity index (χ4n) is 2.72. The molecule has 23 heavy (non-hydrogen) atoms. The number of aromatic nitrogens is 1. The maximum atomic E-state index is 12.5. The number of pyridine rings is 1. The number of fused-ring (bicyclic) bond motifs is 1. The van der Waals surface area contributed by atoms with E-state index >= 15 is 0 Å². The van der Waals surface area contributed by atoms with E-state index in [4.69, 9.17) is 4.74 Å². The van der Waals surface area contributed by atoms with Gasteiger partial charge in [-0.1, -0.05) is 18.2 Å². The first-order valence-corrected chi connectivity index (χ1v) is 7.64. The summed E-state index contributed by atoms with van der Waals surface area (Å²) in [4.78, 5) is 32.2. The van der Waals surface area contributed by atoms with E-state index < -0.39 is 0 Å². The summed E-state index contributed by atoms with van der Waals surface area (Å²) in [7, 11) is 0. The fraction of sp³-hybridized carbons (Fsp3) is 0.353. The zero-order valence-electron chi connectivity index (χ0n) is 13.1. The van der Waals surface area contributed by atoms with Crippen LogP contribution in [-0.2, 0) is 14.3 Å². The van der Waals surface area contributed by atoms with E-state index in [1.165, 1.54) is 11.8 Å². The minimum atomic E-state index is -0.176. The third kappa shape index (κ3) is 3.32. The summed E-state index contributed by atoms with van der Waals surface area (Å²) < 4.78 is 5.26. The zero-order valence-corrected chi connectivity index (χ0v) is 13.1. The van der Waals surface area contributed by atoms with Crippen LogP contribution >= 0.6 is 0 Å². The van der Waals surface area contributed by atoms with Crippen LogP contribution in [-0.4, -0.2) is 54.5 Å². The highest BCUT2D eigenvalue weighted by molar-refractivity contribution is 6.04. The Morgan fingerprint density at radius 1 is 1.22 bits per heavy atom. The first kappa shape index (κ1) is 15.4. The number of ether oxygens (including phenoxy) is 1. The third-order valence-corrected chi connectivity index (χ3v) is 3.94. The molecule has 6 nitrogen and oxygen atoms in total. The number of hydrogen-bond acceptors (Lipinski definition) is 4. The Balaban J connectivity index is 1.89. The van der Waals surface area contributed by atoms with Gasteiger partial charge in [0.1, 0.15) is 6.54 Å². The van der Waals surface area contributed by atoms with Crippen molar-refractivity contribution in [1.82, 2.24) is 9.88 Å². The number of anilines is 1. The van der Waals surface area contributed by atoms with E-state index in [9.17, 15) is 9.59 Å². The van der Waals surface area contributed by atoms with E-state index in [1.807, 2.05) is 30.3 Å². The standard InChI is InChI=1S/C17H19N3O3/c1-13(21)20(12-16(22)19-8-10-23-11-9-19)15-6-2-4-14-5-3-7-18-17(14)15/h2-7H,8-12H2,1H3. The highest BCUT2D eigenvalue weighted by Gasteiger charge is 2.23. The molecule has 2 heterocycles. The topological polar surface area (TPSA) is 62.7 Å². The van der Waals surface area contributed by atoms with Crippen molar-refractivity contribution in [3.63, 3.8) is 0 Å². The van der Waals surface area contributed by atoms with Crippen LogP contribution in [0.15, 0.2) is 36.5 Å².